The fraction of sp³-hybridized carbons (Fsp3) is 0.222. The van der Waals surface area contributed by atoms with Crippen LogP contribution in [-0.2, 0) is 9.59 Å². The SMILES string of the molecule is CCN(C(=O)CN1C(=O)COc2ccccc21)c1ccc(F)cc1. The maximum absolute atomic E-state index is 13.1. The molecule has 6 heteroatoms. The monoisotopic (exact) mass is 328 g/mol. The van der Waals surface area contributed by atoms with Crippen molar-refractivity contribution in [1.82, 2.24) is 0 Å². The van der Waals surface area contributed by atoms with Crippen molar-refractivity contribution in [2.75, 3.05) is 29.5 Å². The van der Waals surface area contributed by atoms with Crippen LogP contribution in [0.5, 0.6) is 5.75 Å². The van der Waals surface area contributed by atoms with Crippen molar-refractivity contribution in [3.05, 3.63) is 54.3 Å². The van der Waals surface area contributed by atoms with Gasteiger partial charge in [0, 0.05) is 12.2 Å². The van der Waals surface area contributed by atoms with Crippen molar-refractivity contribution in [2.45, 2.75) is 6.92 Å². The average Bonchev–Trinajstić information content (AvgIpc) is 2.60. The minimum Gasteiger partial charge on any atom is -0.482 e. The van der Waals surface area contributed by atoms with Gasteiger partial charge in [0.05, 0.1) is 5.69 Å². The number of carbonyl (C=O) groups excluding carboxylic acids is 2. The Morgan fingerprint density at radius 2 is 1.92 bits per heavy atom. The lowest BCUT2D eigenvalue weighted by Gasteiger charge is -2.31. The average molecular weight is 328 g/mol. The van der Waals surface area contributed by atoms with Crippen LogP contribution >= 0.6 is 0 Å². The van der Waals surface area contributed by atoms with Crippen LogP contribution in [0.3, 0.4) is 0 Å². The number of ether oxygens (including phenoxy) is 1. The molecule has 0 bridgehead atoms. The third kappa shape index (κ3) is 3.08. The highest BCUT2D eigenvalue weighted by molar-refractivity contribution is 6.05. The number of hydrogen-bond acceptors (Lipinski definition) is 3. The van der Waals surface area contributed by atoms with Gasteiger partial charge in [0.1, 0.15) is 18.1 Å². The summed E-state index contributed by atoms with van der Waals surface area (Å²) in [5.41, 5.74) is 1.18. The van der Waals surface area contributed by atoms with Crippen LogP contribution in [0.15, 0.2) is 48.5 Å². The lowest BCUT2D eigenvalue weighted by Crippen LogP contribution is -2.46. The van der Waals surface area contributed by atoms with Gasteiger partial charge in [-0.2, -0.15) is 0 Å². The molecule has 5 nitrogen and oxygen atoms in total. The van der Waals surface area contributed by atoms with Gasteiger partial charge in [-0.15, -0.1) is 0 Å². The molecule has 0 unspecified atom stereocenters. The molecule has 24 heavy (non-hydrogen) atoms. The Bertz CT molecular complexity index is 761. The zero-order valence-corrected chi connectivity index (χ0v) is 13.2. The highest BCUT2D eigenvalue weighted by Gasteiger charge is 2.28. The maximum Gasteiger partial charge on any atom is 0.265 e. The molecule has 0 saturated heterocycles. The van der Waals surface area contributed by atoms with Gasteiger partial charge < -0.3 is 9.64 Å². The summed E-state index contributed by atoms with van der Waals surface area (Å²) in [7, 11) is 0. The Morgan fingerprint density at radius 1 is 1.21 bits per heavy atom. The van der Waals surface area contributed by atoms with Crippen LogP contribution in [0.25, 0.3) is 0 Å². The van der Waals surface area contributed by atoms with Gasteiger partial charge in [0.15, 0.2) is 6.61 Å². The van der Waals surface area contributed by atoms with E-state index in [9.17, 15) is 14.0 Å². The molecule has 0 radical (unpaired) electrons. The minimum atomic E-state index is -0.362. The summed E-state index contributed by atoms with van der Waals surface area (Å²) in [6.45, 7) is 2.07. The van der Waals surface area contributed by atoms with Gasteiger partial charge >= 0.3 is 0 Å². The smallest absolute Gasteiger partial charge is 0.265 e. The van der Waals surface area contributed by atoms with Gasteiger partial charge in [-0.1, -0.05) is 12.1 Å². The molecule has 2 aromatic rings. The fourth-order valence-corrected chi connectivity index (χ4v) is 2.67. The number of fused-ring (bicyclic) bond motifs is 1. The largest absolute Gasteiger partial charge is 0.482 e. The second-order valence-electron chi connectivity index (χ2n) is 5.35. The molecular formula is C18H17FN2O3. The zero-order chi connectivity index (χ0) is 17.1. The van der Waals surface area contributed by atoms with Gasteiger partial charge in [0.25, 0.3) is 5.91 Å². The Kier molecular flexibility index (Phi) is 4.46. The Labute approximate surface area is 139 Å². The van der Waals surface area contributed by atoms with Crippen molar-refractivity contribution in [3.8, 4) is 5.75 Å². The Hall–Kier alpha value is -2.89. The second-order valence-corrected chi connectivity index (χ2v) is 5.35. The van der Waals surface area contributed by atoms with E-state index >= 15 is 0 Å². The number of amides is 2. The molecule has 0 spiro atoms. The second kappa shape index (κ2) is 6.70. The first-order valence-electron chi connectivity index (χ1n) is 7.68. The number of likely N-dealkylation sites (N-methyl/N-ethyl adjacent to an activating group) is 1. The van der Waals surface area contributed by atoms with E-state index in [0.717, 1.165) is 0 Å². The number of benzene rings is 2. The van der Waals surface area contributed by atoms with Crippen molar-refractivity contribution in [1.29, 1.82) is 0 Å². The molecular weight excluding hydrogens is 311 g/mol. The molecule has 1 aliphatic heterocycles. The van der Waals surface area contributed by atoms with Crippen molar-refractivity contribution >= 4 is 23.2 Å². The topological polar surface area (TPSA) is 49.9 Å². The van der Waals surface area contributed by atoms with Crippen LogP contribution in [0.2, 0.25) is 0 Å². The Balaban J connectivity index is 1.83. The molecule has 0 fully saturated rings. The highest BCUT2D eigenvalue weighted by Crippen LogP contribution is 2.31. The molecule has 1 heterocycles. The van der Waals surface area contributed by atoms with E-state index in [0.29, 0.717) is 23.7 Å². The number of nitrogens with zero attached hydrogens (tertiary/aromatic N) is 2. The first kappa shape index (κ1) is 16.0. The number of rotatable bonds is 4. The minimum absolute atomic E-state index is 0.0903. The van der Waals surface area contributed by atoms with Crippen LogP contribution in [0.1, 0.15) is 6.92 Å². The number of halogens is 1. The van der Waals surface area contributed by atoms with E-state index in [-0.39, 0.29) is 30.8 Å². The van der Waals surface area contributed by atoms with E-state index < -0.39 is 0 Å². The summed E-state index contributed by atoms with van der Waals surface area (Å²) in [5, 5.41) is 0. The summed E-state index contributed by atoms with van der Waals surface area (Å²) in [4.78, 5) is 27.8. The lowest BCUT2D eigenvalue weighted by molar-refractivity contribution is -0.124. The molecule has 1 aliphatic rings. The number of carbonyl (C=O) groups is 2. The van der Waals surface area contributed by atoms with Crippen LogP contribution in [-0.4, -0.2) is 31.5 Å². The molecule has 0 atom stereocenters. The summed E-state index contributed by atoms with van der Waals surface area (Å²) in [6, 6.07) is 12.8. The van der Waals surface area contributed by atoms with E-state index in [1.54, 1.807) is 30.3 Å². The van der Waals surface area contributed by atoms with Crippen molar-refractivity contribution < 1.29 is 18.7 Å². The highest BCUT2D eigenvalue weighted by atomic mass is 19.1. The number of para-hydroxylation sites is 2. The Morgan fingerprint density at radius 3 is 2.62 bits per heavy atom. The quantitative estimate of drug-likeness (QED) is 0.867. The van der Waals surface area contributed by atoms with Crippen LogP contribution in [0.4, 0.5) is 15.8 Å². The molecule has 2 aromatic carbocycles. The van der Waals surface area contributed by atoms with Gasteiger partial charge in [0.2, 0.25) is 5.91 Å². The van der Waals surface area contributed by atoms with Crippen LogP contribution in [0, 0.1) is 5.82 Å². The fourth-order valence-electron chi connectivity index (χ4n) is 2.67. The predicted molar refractivity (Wildman–Crippen MR) is 88.7 cm³/mol. The van der Waals surface area contributed by atoms with E-state index in [1.165, 1.54) is 21.9 Å². The number of hydrogen-bond donors (Lipinski definition) is 0. The van der Waals surface area contributed by atoms with Crippen LogP contribution < -0.4 is 14.5 Å². The lowest BCUT2D eigenvalue weighted by atomic mass is 10.2. The maximum atomic E-state index is 13.1. The normalized spacial score (nSPS) is 13.2. The molecule has 124 valence electrons. The van der Waals surface area contributed by atoms with Gasteiger partial charge in [-0.05, 0) is 43.3 Å². The van der Waals surface area contributed by atoms with Crippen molar-refractivity contribution in [2.24, 2.45) is 0 Å². The standard InChI is InChI=1S/C18H17FN2O3/c1-2-20(14-9-7-13(19)8-10-14)17(22)11-21-15-5-3-4-6-16(15)24-12-18(21)23/h3-10H,2,11-12H2,1H3. The molecule has 0 aromatic heterocycles. The van der Waals surface area contributed by atoms with E-state index in [1.807, 2.05) is 13.0 Å². The van der Waals surface area contributed by atoms with Gasteiger partial charge in [-0.25, -0.2) is 4.39 Å². The van der Waals surface area contributed by atoms with Gasteiger partial charge in [-0.3, -0.25) is 14.5 Å². The third-order valence-electron chi connectivity index (χ3n) is 3.86. The van der Waals surface area contributed by atoms with E-state index in [2.05, 4.69) is 0 Å². The van der Waals surface area contributed by atoms with Crippen molar-refractivity contribution in [3.63, 3.8) is 0 Å². The molecule has 0 saturated carbocycles. The summed E-state index contributed by atoms with van der Waals surface area (Å²) in [6.07, 6.45) is 0. The van der Waals surface area contributed by atoms with E-state index in [4.69, 9.17) is 4.74 Å². The molecule has 0 N–H and O–H groups in total. The molecule has 0 aliphatic carbocycles. The third-order valence-corrected chi connectivity index (χ3v) is 3.86. The predicted octanol–water partition coefficient (Wildman–Crippen LogP) is 2.60. The first-order valence-corrected chi connectivity index (χ1v) is 7.68. The number of anilines is 2. The first-order chi connectivity index (χ1) is 11.6. The summed E-state index contributed by atoms with van der Waals surface area (Å²) >= 11 is 0. The molecule has 3 rings (SSSR count). The summed E-state index contributed by atoms with van der Waals surface area (Å²) in [5.74, 6) is -0.291. The zero-order valence-electron chi connectivity index (χ0n) is 13.2. The summed E-state index contributed by atoms with van der Waals surface area (Å²) < 4.78 is 18.4. The molecule has 2 amide bonds.